The topological polar surface area (TPSA) is 23.8 Å². The van der Waals surface area contributed by atoms with Crippen LogP contribution in [0.1, 0.15) is 25.7 Å². The predicted octanol–water partition coefficient (Wildman–Crippen LogP) is 2.35. The van der Waals surface area contributed by atoms with Crippen LogP contribution >= 0.6 is 0 Å². The van der Waals surface area contributed by atoms with Crippen molar-refractivity contribution in [2.75, 3.05) is 0 Å². The fraction of sp³-hybridized carbons (Fsp3) is 0.667. The van der Waals surface area contributed by atoms with E-state index in [1.165, 1.54) is 12.8 Å². The number of nitriles is 1. The summed E-state index contributed by atoms with van der Waals surface area (Å²) in [5.74, 6) is 1.33. The molecular formula is C9H13N. The number of nitrogens with zero attached hydrogens (tertiary/aromatic N) is 1. The van der Waals surface area contributed by atoms with Crippen LogP contribution in [0.4, 0.5) is 0 Å². The van der Waals surface area contributed by atoms with Gasteiger partial charge in [-0.05, 0) is 31.1 Å². The second kappa shape index (κ2) is 3.61. The molecule has 1 fully saturated rings. The molecule has 1 heteroatoms. The molecule has 1 saturated carbocycles. The Balaban J connectivity index is 2.23. The number of hydrogen-bond acceptors (Lipinski definition) is 1. The Morgan fingerprint density at radius 3 is 3.00 bits per heavy atom. The van der Waals surface area contributed by atoms with Crippen molar-refractivity contribution in [1.82, 2.24) is 0 Å². The zero-order valence-electron chi connectivity index (χ0n) is 6.21. The maximum atomic E-state index is 8.40. The van der Waals surface area contributed by atoms with Gasteiger partial charge in [-0.2, -0.15) is 5.26 Å². The molecule has 0 saturated heterocycles. The van der Waals surface area contributed by atoms with E-state index in [0.717, 1.165) is 12.3 Å². The molecule has 10 heavy (non-hydrogen) atoms. The van der Waals surface area contributed by atoms with E-state index in [1.807, 2.05) is 0 Å². The third-order valence-electron chi connectivity index (χ3n) is 2.20. The van der Waals surface area contributed by atoms with Crippen LogP contribution in [-0.2, 0) is 0 Å². The standard InChI is InChI=1S/C9H13N/c1-2-8-3-4-9(7-8)5-6-10/h4,8-9H,1-3,5,7H2. The molecule has 1 nitrogen and oxygen atoms in total. The van der Waals surface area contributed by atoms with Crippen molar-refractivity contribution in [3.05, 3.63) is 13.3 Å². The normalized spacial score (nSPS) is 32.0. The van der Waals surface area contributed by atoms with Crippen LogP contribution in [0.25, 0.3) is 0 Å². The van der Waals surface area contributed by atoms with Gasteiger partial charge in [0.1, 0.15) is 0 Å². The van der Waals surface area contributed by atoms with Crippen LogP contribution < -0.4 is 0 Å². The third kappa shape index (κ3) is 1.73. The van der Waals surface area contributed by atoms with Crippen molar-refractivity contribution in [3.63, 3.8) is 0 Å². The molecule has 0 spiro atoms. The minimum atomic E-state index is 0.566. The van der Waals surface area contributed by atoms with Crippen molar-refractivity contribution in [1.29, 1.82) is 5.26 Å². The molecule has 0 aromatic heterocycles. The van der Waals surface area contributed by atoms with Crippen LogP contribution in [0.15, 0.2) is 0 Å². The second-order valence-corrected chi connectivity index (χ2v) is 2.98. The van der Waals surface area contributed by atoms with Gasteiger partial charge in [-0.25, -0.2) is 0 Å². The summed E-state index contributed by atoms with van der Waals surface area (Å²) in [5.41, 5.74) is 0. The maximum absolute atomic E-state index is 8.40. The van der Waals surface area contributed by atoms with Crippen LogP contribution in [0, 0.1) is 36.5 Å². The Morgan fingerprint density at radius 2 is 2.50 bits per heavy atom. The van der Waals surface area contributed by atoms with Crippen molar-refractivity contribution < 1.29 is 0 Å². The molecule has 2 radical (unpaired) electrons. The molecule has 2 unspecified atom stereocenters. The van der Waals surface area contributed by atoms with Crippen molar-refractivity contribution >= 4 is 0 Å². The fourth-order valence-corrected chi connectivity index (χ4v) is 1.53. The lowest BCUT2D eigenvalue weighted by Gasteiger charge is -2.03. The lowest BCUT2D eigenvalue weighted by Crippen LogP contribution is -1.94. The van der Waals surface area contributed by atoms with Crippen LogP contribution in [0.3, 0.4) is 0 Å². The first-order chi connectivity index (χ1) is 4.86. The van der Waals surface area contributed by atoms with Crippen LogP contribution in [0.2, 0.25) is 0 Å². The number of hydrogen-bond donors (Lipinski definition) is 0. The fourth-order valence-electron chi connectivity index (χ4n) is 1.53. The summed E-state index contributed by atoms with van der Waals surface area (Å²) in [5, 5.41) is 8.40. The molecule has 0 aromatic carbocycles. The predicted molar refractivity (Wildman–Crippen MR) is 40.7 cm³/mol. The van der Waals surface area contributed by atoms with Crippen molar-refractivity contribution in [3.8, 4) is 6.07 Å². The monoisotopic (exact) mass is 135 g/mol. The Bertz CT molecular complexity index is 134. The summed E-state index contributed by atoms with van der Waals surface area (Å²) >= 11 is 0. The largest absolute Gasteiger partial charge is 0.198 e. The molecule has 1 rings (SSSR count). The van der Waals surface area contributed by atoms with Gasteiger partial charge in [-0.15, -0.1) is 0 Å². The van der Waals surface area contributed by atoms with Crippen molar-refractivity contribution in [2.45, 2.75) is 25.7 Å². The molecule has 0 bridgehead atoms. The van der Waals surface area contributed by atoms with E-state index in [9.17, 15) is 0 Å². The van der Waals surface area contributed by atoms with E-state index < -0.39 is 0 Å². The summed E-state index contributed by atoms with van der Waals surface area (Å²) < 4.78 is 0. The summed E-state index contributed by atoms with van der Waals surface area (Å²) in [6.07, 6.45) is 6.38. The van der Waals surface area contributed by atoms with Gasteiger partial charge < -0.3 is 0 Å². The van der Waals surface area contributed by atoms with E-state index in [2.05, 4.69) is 19.4 Å². The smallest absolute Gasteiger partial charge is 0.0624 e. The first-order valence-corrected chi connectivity index (χ1v) is 3.86. The Kier molecular flexibility index (Phi) is 2.74. The zero-order chi connectivity index (χ0) is 7.40. The van der Waals surface area contributed by atoms with Crippen LogP contribution in [0.5, 0.6) is 0 Å². The highest BCUT2D eigenvalue weighted by atomic mass is 14.3. The molecule has 1 aliphatic carbocycles. The van der Waals surface area contributed by atoms with E-state index in [1.54, 1.807) is 0 Å². The van der Waals surface area contributed by atoms with Gasteiger partial charge in [-0.1, -0.05) is 13.3 Å². The molecule has 54 valence electrons. The highest BCUT2D eigenvalue weighted by Crippen LogP contribution is 2.33. The lowest BCUT2D eigenvalue weighted by atomic mass is 10.0. The zero-order valence-corrected chi connectivity index (χ0v) is 6.21. The Hall–Kier alpha value is -0.510. The highest BCUT2D eigenvalue weighted by molar-refractivity contribution is 4.93. The molecule has 2 atom stereocenters. The molecule has 0 heterocycles. The van der Waals surface area contributed by atoms with Gasteiger partial charge >= 0.3 is 0 Å². The minimum Gasteiger partial charge on any atom is -0.198 e. The molecule has 0 aromatic rings. The second-order valence-electron chi connectivity index (χ2n) is 2.98. The molecule has 0 N–H and O–H groups in total. The lowest BCUT2D eigenvalue weighted by molar-refractivity contribution is 0.507. The van der Waals surface area contributed by atoms with E-state index in [0.29, 0.717) is 12.3 Å². The van der Waals surface area contributed by atoms with Gasteiger partial charge in [-0.3, -0.25) is 0 Å². The number of rotatable bonds is 2. The first-order valence-electron chi connectivity index (χ1n) is 3.86. The maximum Gasteiger partial charge on any atom is 0.0624 e. The van der Waals surface area contributed by atoms with E-state index in [4.69, 9.17) is 5.26 Å². The first kappa shape index (κ1) is 7.60. The third-order valence-corrected chi connectivity index (χ3v) is 2.20. The summed E-state index contributed by atoms with van der Waals surface area (Å²) in [6, 6.07) is 2.20. The summed E-state index contributed by atoms with van der Waals surface area (Å²) in [6.45, 7) is 3.86. The molecule has 0 amide bonds. The quantitative estimate of drug-likeness (QED) is 0.570. The molecular weight excluding hydrogens is 122 g/mol. The SMILES string of the molecule is [CH2]CC1C[CH]C(CC#N)C1. The van der Waals surface area contributed by atoms with E-state index >= 15 is 0 Å². The van der Waals surface area contributed by atoms with Gasteiger partial charge in [0.15, 0.2) is 0 Å². The minimum absolute atomic E-state index is 0.566. The summed E-state index contributed by atoms with van der Waals surface area (Å²) in [4.78, 5) is 0. The molecule has 1 aliphatic rings. The average Bonchev–Trinajstić information content (AvgIpc) is 2.37. The molecule has 0 aliphatic heterocycles. The Labute approximate surface area is 63.0 Å². The highest BCUT2D eigenvalue weighted by Gasteiger charge is 2.22. The summed E-state index contributed by atoms with van der Waals surface area (Å²) in [7, 11) is 0. The van der Waals surface area contributed by atoms with Gasteiger partial charge in [0.2, 0.25) is 0 Å². The van der Waals surface area contributed by atoms with Gasteiger partial charge in [0.05, 0.1) is 6.07 Å². The Morgan fingerprint density at radius 1 is 1.70 bits per heavy atom. The van der Waals surface area contributed by atoms with Crippen molar-refractivity contribution in [2.24, 2.45) is 11.8 Å². The van der Waals surface area contributed by atoms with E-state index in [-0.39, 0.29) is 0 Å². The van der Waals surface area contributed by atoms with Gasteiger partial charge in [0.25, 0.3) is 0 Å². The van der Waals surface area contributed by atoms with Gasteiger partial charge in [0, 0.05) is 6.42 Å². The average molecular weight is 135 g/mol. The van der Waals surface area contributed by atoms with Crippen LogP contribution in [-0.4, -0.2) is 0 Å².